The number of H-pyrrole nitrogens is 1. The summed E-state index contributed by atoms with van der Waals surface area (Å²) in [7, 11) is 0. The number of carbonyl (C=O) groups is 1. The summed E-state index contributed by atoms with van der Waals surface area (Å²) in [5.74, 6) is 0.306. The van der Waals surface area contributed by atoms with Gasteiger partial charge in [-0.2, -0.15) is 0 Å². The summed E-state index contributed by atoms with van der Waals surface area (Å²) >= 11 is 0. The SMILES string of the molecule is CCN=C([O-])c1ccc(-n2nnc(C(=O)NC3CC3)c2CNCc2ncc[nH]2)cc1. The number of carbonyl (C=O) groups excluding carboxylic acids is 1. The Balaban J connectivity index is 1.58. The van der Waals surface area contributed by atoms with E-state index >= 15 is 0 Å². The lowest BCUT2D eigenvalue weighted by molar-refractivity contribution is -0.213. The fourth-order valence-corrected chi connectivity index (χ4v) is 3.00. The molecule has 10 nitrogen and oxygen atoms in total. The maximum atomic E-state index is 12.6. The zero-order chi connectivity index (χ0) is 20.9. The van der Waals surface area contributed by atoms with Crippen molar-refractivity contribution in [1.29, 1.82) is 0 Å². The van der Waals surface area contributed by atoms with Crippen molar-refractivity contribution in [3.05, 3.63) is 59.4 Å². The number of aromatic amines is 1. The highest BCUT2D eigenvalue weighted by atomic mass is 16.3. The number of nitrogens with zero attached hydrogens (tertiary/aromatic N) is 5. The minimum atomic E-state index is -0.257. The number of benzene rings is 1. The van der Waals surface area contributed by atoms with Gasteiger partial charge in [-0.15, -0.1) is 5.10 Å². The molecular weight excluding hydrogens is 384 g/mol. The minimum absolute atomic E-state index is 0.221. The van der Waals surface area contributed by atoms with Crippen molar-refractivity contribution < 1.29 is 9.90 Å². The predicted octanol–water partition coefficient (Wildman–Crippen LogP) is 0.299. The summed E-state index contributed by atoms with van der Waals surface area (Å²) in [5, 5.41) is 26.5. The summed E-state index contributed by atoms with van der Waals surface area (Å²) in [6.45, 7) is 3.13. The molecule has 1 fully saturated rings. The molecule has 1 aliphatic rings. The van der Waals surface area contributed by atoms with Crippen LogP contribution in [0.3, 0.4) is 0 Å². The topological polar surface area (TPSA) is 136 Å². The third-order valence-corrected chi connectivity index (χ3v) is 4.69. The molecule has 0 atom stereocenters. The average Bonchev–Trinajstić information content (AvgIpc) is 3.24. The standard InChI is InChI=1S/C20H24N8O2/c1-2-22-19(29)13-3-7-15(8-4-13)28-16(11-21-12-17-23-9-10-24-17)18(26-27-28)20(30)25-14-5-6-14/h3-4,7-10,14,21H,2,5-6,11-12H2,1H3,(H,22,29)(H,23,24)(H,25,30)/p-1. The van der Waals surface area contributed by atoms with Crippen molar-refractivity contribution in [3.8, 4) is 5.69 Å². The van der Waals surface area contributed by atoms with Gasteiger partial charge in [-0.3, -0.25) is 4.79 Å². The summed E-state index contributed by atoms with van der Waals surface area (Å²) in [4.78, 5) is 23.7. The molecule has 0 spiro atoms. The van der Waals surface area contributed by atoms with Crippen LogP contribution in [0.25, 0.3) is 5.69 Å². The maximum Gasteiger partial charge on any atom is 0.274 e. The number of hydrogen-bond acceptors (Lipinski definition) is 7. The normalized spacial score (nSPS) is 14.1. The molecule has 0 bridgehead atoms. The van der Waals surface area contributed by atoms with Crippen LogP contribution in [0.5, 0.6) is 0 Å². The third-order valence-electron chi connectivity index (χ3n) is 4.69. The summed E-state index contributed by atoms with van der Waals surface area (Å²) in [6.07, 6.45) is 5.42. The Labute approximate surface area is 173 Å². The van der Waals surface area contributed by atoms with Crippen LogP contribution in [-0.2, 0) is 13.1 Å². The fraction of sp³-hybridized carbons (Fsp3) is 0.350. The highest BCUT2D eigenvalue weighted by molar-refractivity contribution is 5.94. The lowest BCUT2D eigenvalue weighted by Crippen LogP contribution is -2.28. The van der Waals surface area contributed by atoms with E-state index in [9.17, 15) is 9.90 Å². The zero-order valence-corrected chi connectivity index (χ0v) is 16.6. The molecule has 10 heteroatoms. The Kier molecular flexibility index (Phi) is 5.84. The molecule has 4 rings (SSSR count). The Hall–Kier alpha value is -3.53. The zero-order valence-electron chi connectivity index (χ0n) is 16.6. The van der Waals surface area contributed by atoms with Crippen LogP contribution in [-0.4, -0.2) is 49.4 Å². The number of nitrogens with one attached hydrogen (secondary N) is 3. The predicted molar refractivity (Wildman–Crippen MR) is 108 cm³/mol. The summed E-state index contributed by atoms with van der Waals surface area (Å²) in [6, 6.07) is 7.15. The second-order valence-corrected chi connectivity index (χ2v) is 7.01. The molecule has 0 radical (unpaired) electrons. The van der Waals surface area contributed by atoms with E-state index in [1.165, 1.54) is 0 Å². The van der Waals surface area contributed by atoms with Crippen LogP contribution in [0.2, 0.25) is 0 Å². The molecule has 2 aromatic heterocycles. The fourth-order valence-electron chi connectivity index (χ4n) is 3.00. The van der Waals surface area contributed by atoms with E-state index in [1.54, 1.807) is 41.3 Å². The lowest BCUT2D eigenvalue weighted by Gasteiger charge is -2.12. The Morgan fingerprint density at radius 3 is 2.77 bits per heavy atom. The van der Waals surface area contributed by atoms with E-state index in [0.29, 0.717) is 36.6 Å². The van der Waals surface area contributed by atoms with Gasteiger partial charge in [0.1, 0.15) is 5.82 Å². The van der Waals surface area contributed by atoms with Gasteiger partial charge in [-0.25, -0.2) is 9.67 Å². The number of hydrogen-bond donors (Lipinski definition) is 3. The van der Waals surface area contributed by atoms with Crippen molar-refractivity contribution in [2.24, 2.45) is 4.99 Å². The molecule has 0 aliphatic heterocycles. The number of aromatic nitrogens is 5. The molecule has 3 aromatic rings. The van der Waals surface area contributed by atoms with Crippen LogP contribution in [0.1, 0.15) is 47.3 Å². The average molecular weight is 407 g/mol. The highest BCUT2D eigenvalue weighted by Gasteiger charge is 2.27. The van der Waals surface area contributed by atoms with Crippen LogP contribution in [0.15, 0.2) is 41.7 Å². The van der Waals surface area contributed by atoms with E-state index in [4.69, 9.17) is 0 Å². The number of rotatable bonds is 9. The first-order valence-corrected chi connectivity index (χ1v) is 9.92. The van der Waals surface area contributed by atoms with Gasteiger partial charge >= 0.3 is 0 Å². The van der Waals surface area contributed by atoms with Crippen molar-refractivity contribution in [3.63, 3.8) is 0 Å². The highest BCUT2D eigenvalue weighted by Crippen LogP contribution is 2.20. The summed E-state index contributed by atoms with van der Waals surface area (Å²) < 4.78 is 1.61. The molecule has 0 saturated heterocycles. The first kappa shape index (κ1) is 19.8. The van der Waals surface area contributed by atoms with Crippen LogP contribution < -0.4 is 15.7 Å². The van der Waals surface area contributed by atoms with Crippen molar-refractivity contribution >= 4 is 11.8 Å². The van der Waals surface area contributed by atoms with Gasteiger partial charge < -0.3 is 25.7 Å². The van der Waals surface area contributed by atoms with E-state index < -0.39 is 0 Å². The Morgan fingerprint density at radius 1 is 1.30 bits per heavy atom. The number of amides is 1. The largest absolute Gasteiger partial charge is 0.858 e. The Morgan fingerprint density at radius 2 is 2.10 bits per heavy atom. The quantitative estimate of drug-likeness (QED) is 0.345. The smallest absolute Gasteiger partial charge is 0.274 e. The van der Waals surface area contributed by atoms with Crippen LogP contribution >= 0.6 is 0 Å². The number of aliphatic imine (C=N–C) groups is 1. The number of imidazole rings is 1. The van der Waals surface area contributed by atoms with Crippen molar-refractivity contribution in [2.45, 2.75) is 38.9 Å². The first-order valence-electron chi connectivity index (χ1n) is 9.92. The molecule has 156 valence electrons. The van der Waals surface area contributed by atoms with E-state index in [0.717, 1.165) is 18.7 Å². The van der Waals surface area contributed by atoms with E-state index in [2.05, 4.69) is 35.9 Å². The second-order valence-electron chi connectivity index (χ2n) is 7.01. The van der Waals surface area contributed by atoms with Gasteiger partial charge in [0.25, 0.3) is 5.91 Å². The second kappa shape index (κ2) is 8.87. The third kappa shape index (κ3) is 4.54. The van der Waals surface area contributed by atoms with E-state index in [-0.39, 0.29) is 23.5 Å². The van der Waals surface area contributed by atoms with E-state index in [1.807, 2.05) is 6.92 Å². The minimum Gasteiger partial charge on any atom is -0.858 e. The van der Waals surface area contributed by atoms with Crippen molar-refractivity contribution in [1.82, 2.24) is 35.6 Å². The summed E-state index contributed by atoms with van der Waals surface area (Å²) in [5.41, 5.74) is 2.13. The van der Waals surface area contributed by atoms with Gasteiger partial charge in [0.05, 0.1) is 17.9 Å². The van der Waals surface area contributed by atoms with Gasteiger partial charge in [0.15, 0.2) is 5.69 Å². The van der Waals surface area contributed by atoms with Crippen molar-refractivity contribution in [2.75, 3.05) is 6.54 Å². The first-order chi connectivity index (χ1) is 14.7. The molecule has 3 N–H and O–H groups in total. The van der Waals surface area contributed by atoms with Gasteiger partial charge in [0.2, 0.25) is 0 Å². The van der Waals surface area contributed by atoms with Gasteiger partial charge in [0, 0.05) is 31.5 Å². The van der Waals surface area contributed by atoms with Gasteiger partial charge in [-0.05, 0) is 43.4 Å². The molecule has 1 amide bonds. The molecule has 1 aromatic carbocycles. The molecule has 0 unspecified atom stereocenters. The molecule has 1 aliphatic carbocycles. The molecule has 1 saturated carbocycles. The maximum absolute atomic E-state index is 12.6. The van der Waals surface area contributed by atoms with Crippen LogP contribution in [0.4, 0.5) is 0 Å². The molecule has 30 heavy (non-hydrogen) atoms. The lowest BCUT2D eigenvalue weighted by atomic mass is 10.2. The molecule has 2 heterocycles. The van der Waals surface area contributed by atoms with Gasteiger partial charge in [-0.1, -0.05) is 17.3 Å². The molecular formula is C20H23N8O2-. The monoisotopic (exact) mass is 407 g/mol. The Bertz CT molecular complexity index is 1020. The van der Waals surface area contributed by atoms with Crippen LogP contribution in [0, 0.1) is 0 Å².